The third-order valence-electron chi connectivity index (χ3n) is 4.76. The molecule has 1 atom stereocenters. The number of pyridine rings is 1. The standard InChI is InChI=1S/C18H15F3N6O3/c19-18(20,21)17-23-15(26-30-17)13-8-10(5-6-22-13)11-2-1-7-27(9-11)16(29)12-3-4-14(28)25-24-12/h3-6,8,11H,1-2,7,9H2,(H,25,28)/t11-/m0/s1. The second-order valence-corrected chi connectivity index (χ2v) is 6.79. The van der Waals surface area contributed by atoms with Crippen molar-refractivity contribution in [1.29, 1.82) is 0 Å². The zero-order valence-electron chi connectivity index (χ0n) is 15.4. The lowest BCUT2D eigenvalue weighted by Gasteiger charge is -2.32. The molecule has 1 aliphatic heterocycles. The van der Waals surface area contributed by atoms with Gasteiger partial charge in [0.1, 0.15) is 11.4 Å². The van der Waals surface area contributed by atoms with Gasteiger partial charge in [-0.25, -0.2) is 5.10 Å². The number of rotatable bonds is 3. The number of halogens is 3. The molecule has 12 heteroatoms. The monoisotopic (exact) mass is 420 g/mol. The molecule has 9 nitrogen and oxygen atoms in total. The Bertz CT molecular complexity index is 1110. The van der Waals surface area contributed by atoms with Crippen LogP contribution < -0.4 is 5.56 Å². The molecule has 1 fully saturated rings. The van der Waals surface area contributed by atoms with Crippen molar-refractivity contribution < 1.29 is 22.5 Å². The number of aromatic nitrogens is 5. The van der Waals surface area contributed by atoms with E-state index in [9.17, 15) is 22.8 Å². The molecule has 156 valence electrons. The molecule has 0 unspecified atom stereocenters. The highest BCUT2D eigenvalue weighted by atomic mass is 19.4. The van der Waals surface area contributed by atoms with Gasteiger partial charge in [-0.2, -0.15) is 23.3 Å². The van der Waals surface area contributed by atoms with E-state index in [4.69, 9.17) is 0 Å². The summed E-state index contributed by atoms with van der Waals surface area (Å²) in [6.45, 7) is 0.928. The normalized spacial score (nSPS) is 17.2. The number of alkyl halides is 3. The van der Waals surface area contributed by atoms with Crippen LogP contribution in [0.2, 0.25) is 0 Å². The minimum absolute atomic E-state index is 0.0544. The van der Waals surface area contributed by atoms with Crippen LogP contribution in [-0.2, 0) is 6.18 Å². The number of hydrogen-bond donors (Lipinski definition) is 1. The first-order valence-corrected chi connectivity index (χ1v) is 9.03. The highest BCUT2D eigenvalue weighted by Crippen LogP contribution is 2.31. The molecule has 0 aliphatic carbocycles. The van der Waals surface area contributed by atoms with Crippen LogP contribution in [0.3, 0.4) is 0 Å². The van der Waals surface area contributed by atoms with Crippen LogP contribution in [0.15, 0.2) is 39.8 Å². The van der Waals surface area contributed by atoms with Crippen LogP contribution in [0, 0.1) is 0 Å². The molecule has 1 saturated heterocycles. The van der Waals surface area contributed by atoms with Gasteiger partial charge < -0.3 is 9.42 Å². The van der Waals surface area contributed by atoms with E-state index in [-0.39, 0.29) is 29.0 Å². The van der Waals surface area contributed by atoms with Crippen LogP contribution >= 0.6 is 0 Å². The van der Waals surface area contributed by atoms with Crippen molar-refractivity contribution in [3.8, 4) is 11.5 Å². The largest absolute Gasteiger partial charge is 0.471 e. The van der Waals surface area contributed by atoms with E-state index in [0.29, 0.717) is 13.1 Å². The topological polar surface area (TPSA) is 118 Å². The van der Waals surface area contributed by atoms with Gasteiger partial charge in [0.05, 0.1) is 0 Å². The number of aromatic amines is 1. The maximum atomic E-state index is 12.7. The number of carbonyl (C=O) groups is 1. The lowest BCUT2D eigenvalue weighted by molar-refractivity contribution is -0.159. The smallest absolute Gasteiger partial charge is 0.337 e. The van der Waals surface area contributed by atoms with E-state index in [0.717, 1.165) is 18.4 Å². The minimum atomic E-state index is -4.73. The maximum Gasteiger partial charge on any atom is 0.471 e. The van der Waals surface area contributed by atoms with E-state index in [2.05, 4.69) is 29.8 Å². The summed E-state index contributed by atoms with van der Waals surface area (Å²) in [5.41, 5.74) is 0.683. The highest BCUT2D eigenvalue weighted by Gasteiger charge is 2.38. The molecule has 3 aromatic rings. The Labute approximate surface area is 166 Å². The average Bonchev–Trinajstić information content (AvgIpc) is 3.25. The van der Waals surface area contributed by atoms with Crippen LogP contribution in [0.5, 0.6) is 0 Å². The lowest BCUT2D eigenvalue weighted by atomic mass is 9.90. The fraction of sp³-hybridized carbons (Fsp3) is 0.333. The molecule has 1 aliphatic rings. The molecule has 4 heterocycles. The molecule has 3 aromatic heterocycles. The van der Waals surface area contributed by atoms with Gasteiger partial charge in [0, 0.05) is 31.3 Å². The SMILES string of the molecule is O=C(c1ccc(=O)[nH]n1)N1CCC[C@H](c2ccnc(-c3noc(C(F)(F)F)n3)c2)C1. The number of nitrogens with one attached hydrogen (secondary N) is 1. The summed E-state index contributed by atoms with van der Waals surface area (Å²) in [6, 6.07) is 5.94. The summed E-state index contributed by atoms with van der Waals surface area (Å²) in [7, 11) is 0. The van der Waals surface area contributed by atoms with Gasteiger partial charge in [-0.15, -0.1) is 0 Å². The molecule has 4 rings (SSSR count). The summed E-state index contributed by atoms with van der Waals surface area (Å²) in [6.07, 6.45) is -1.76. The third kappa shape index (κ3) is 4.07. The van der Waals surface area contributed by atoms with Gasteiger partial charge in [-0.1, -0.05) is 5.16 Å². The summed E-state index contributed by atoms with van der Waals surface area (Å²) >= 11 is 0. The van der Waals surface area contributed by atoms with Gasteiger partial charge >= 0.3 is 12.1 Å². The summed E-state index contributed by atoms with van der Waals surface area (Å²) in [5.74, 6) is -2.06. The molecular formula is C18H15F3N6O3. The lowest BCUT2D eigenvalue weighted by Crippen LogP contribution is -2.39. The van der Waals surface area contributed by atoms with Crippen molar-refractivity contribution in [3.63, 3.8) is 0 Å². The minimum Gasteiger partial charge on any atom is -0.337 e. The fourth-order valence-electron chi connectivity index (χ4n) is 3.33. The number of amides is 1. The molecule has 1 amide bonds. The zero-order valence-corrected chi connectivity index (χ0v) is 15.4. The average molecular weight is 420 g/mol. The number of hydrogen-bond acceptors (Lipinski definition) is 7. The summed E-state index contributed by atoms with van der Waals surface area (Å²) < 4.78 is 42.3. The number of H-pyrrole nitrogens is 1. The highest BCUT2D eigenvalue weighted by molar-refractivity contribution is 5.92. The van der Waals surface area contributed by atoms with Gasteiger partial charge in [0.25, 0.3) is 11.5 Å². The van der Waals surface area contributed by atoms with Gasteiger partial charge in [-0.3, -0.25) is 14.6 Å². The van der Waals surface area contributed by atoms with Gasteiger partial charge in [-0.05, 0) is 36.6 Å². The van der Waals surface area contributed by atoms with Gasteiger partial charge in [0.2, 0.25) is 5.82 Å². The van der Waals surface area contributed by atoms with Crippen molar-refractivity contribution in [3.05, 3.63) is 58.0 Å². The number of carbonyl (C=O) groups excluding carboxylic acids is 1. The third-order valence-corrected chi connectivity index (χ3v) is 4.76. The zero-order chi connectivity index (χ0) is 21.3. The predicted octanol–water partition coefficient (Wildman–Crippen LogP) is 2.25. The molecule has 0 radical (unpaired) electrons. The first-order chi connectivity index (χ1) is 14.3. The summed E-state index contributed by atoms with van der Waals surface area (Å²) in [4.78, 5) is 32.8. The first kappa shape index (κ1) is 19.7. The van der Waals surface area contributed by atoms with Crippen molar-refractivity contribution in [1.82, 2.24) is 30.2 Å². The number of likely N-dealkylation sites (tertiary alicyclic amines) is 1. The molecule has 0 spiro atoms. The number of piperidine rings is 1. The quantitative estimate of drug-likeness (QED) is 0.690. The second-order valence-electron chi connectivity index (χ2n) is 6.79. The van der Waals surface area contributed by atoms with Crippen LogP contribution in [0.1, 0.15) is 40.7 Å². The Balaban J connectivity index is 1.53. The molecular weight excluding hydrogens is 405 g/mol. The molecule has 0 aromatic carbocycles. The first-order valence-electron chi connectivity index (χ1n) is 9.03. The van der Waals surface area contributed by atoms with Crippen molar-refractivity contribution in [2.75, 3.05) is 13.1 Å². The van der Waals surface area contributed by atoms with Crippen molar-refractivity contribution in [2.24, 2.45) is 0 Å². The van der Waals surface area contributed by atoms with E-state index in [1.165, 1.54) is 18.3 Å². The molecule has 0 bridgehead atoms. The summed E-state index contributed by atoms with van der Waals surface area (Å²) in [5, 5.41) is 9.36. The molecule has 30 heavy (non-hydrogen) atoms. The Kier molecular flexibility index (Phi) is 5.06. The van der Waals surface area contributed by atoms with Crippen molar-refractivity contribution >= 4 is 5.91 Å². The van der Waals surface area contributed by atoms with E-state index in [1.54, 1.807) is 17.0 Å². The van der Waals surface area contributed by atoms with Gasteiger partial charge in [0.15, 0.2) is 0 Å². The van der Waals surface area contributed by atoms with Crippen LogP contribution in [0.4, 0.5) is 13.2 Å². The Morgan fingerprint density at radius 1 is 1.27 bits per heavy atom. The van der Waals surface area contributed by atoms with Crippen molar-refractivity contribution in [2.45, 2.75) is 24.9 Å². The number of nitrogens with zero attached hydrogens (tertiary/aromatic N) is 5. The Morgan fingerprint density at radius 2 is 2.10 bits per heavy atom. The van der Waals surface area contributed by atoms with Crippen LogP contribution in [0.25, 0.3) is 11.5 Å². The van der Waals surface area contributed by atoms with E-state index >= 15 is 0 Å². The van der Waals surface area contributed by atoms with E-state index < -0.39 is 17.6 Å². The molecule has 1 N–H and O–H groups in total. The Morgan fingerprint density at radius 3 is 2.80 bits per heavy atom. The predicted molar refractivity (Wildman–Crippen MR) is 95.3 cm³/mol. The fourth-order valence-corrected chi connectivity index (χ4v) is 3.33. The Hall–Kier alpha value is -3.57. The maximum absolute atomic E-state index is 12.7. The molecule has 0 saturated carbocycles. The van der Waals surface area contributed by atoms with E-state index in [1.807, 2.05) is 0 Å². The second kappa shape index (κ2) is 7.69. The van der Waals surface area contributed by atoms with Crippen LogP contribution in [-0.4, -0.2) is 49.2 Å².